The summed E-state index contributed by atoms with van der Waals surface area (Å²) < 4.78 is 0. The molecule has 0 aliphatic heterocycles. The molecule has 158 valence electrons. The van der Waals surface area contributed by atoms with E-state index in [0.29, 0.717) is 16.7 Å². The number of nitrogens with one attached hydrogen (secondary N) is 4. The molecule has 2 aromatic carbocycles. The molecule has 0 spiro atoms. The van der Waals surface area contributed by atoms with E-state index < -0.39 is 6.04 Å². The number of hydrogen-bond donors (Lipinski definition) is 4. The summed E-state index contributed by atoms with van der Waals surface area (Å²) in [6, 6.07) is 8.64. The van der Waals surface area contributed by atoms with Gasteiger partial charge in [0, 0.05) is 11.4 Å². The van der Waals surface area contributed by atoms with Gasteiger partial charge < -0.3 is 20.6 Å². The highest BCUT2D eigenvalue weighted by molar-refractivity contribution is 5.97. The molecule has 1 unspecified atom stereocenters. The van der Waals surface area contributed by atoms with Crippen LogP contribution in [0.1, 0.15) is 23.6 Å². The van der Waals surface area contributed by atoms with Crippen LogP contribution in [0.2, 0.25) is 0 Å². The highest BCUT2D eigenvalue weighted by Gasteiger charge is 2.21. The van der Waals surface area contributed by atoms with Crippen LogP contribution in [0.25, 0.3) is 11.0 Å². The standard InChI is InChI=1S/C22H27N5O3/c1-12-8-13(2)20(14(3)9-12)26-19(28)11-27(5)15(4)21(29)23-16-6-7-17-18(10-16)25-22(30)24-17/h6-10,15H,11H2,1-5H3,(H,23,29)(H,26,28)(H2,24,25,30). The van der Waals surface area contributed by atoms with E-state index in [0.717, 1.165) is 22.4 Å². The third-order valence-electron chi connectivity index (χ3n) is 5.16. The summed E-state index contributed by atoms with van der Waals surface area (Å²) in [6.07, 6.45) is 0. The van der Waals surface area contributed by atoms with Gasteiger partial charge in [-0.15, -0.1) is 0 Å². The molecule has 0 aliphatic carbocycles. The Bertz CT molecular complexity index is 1140. The number of fused-ring (bicyclic) bond motifs is 1. The maximum atomic E-state index is 12.6. The zero-order valence-electron chi connectivity index (χ0n) is 17.8. The van der Waals surface area contributed by atoms with Crippen molar-refractivity contribution in [2.45, 2.75) is 33.7 Å². The number of nitrogens with zero attached hydrogens (tertiary/aromatic N) is 1. The lowest BCUT2D eigenvalue weighted by atomic mass is 10.1. The topological polar surface area (TPSA) is 110 Å². The van der Waals surface area contributed by atoms with E-state index in [1.807, 2.05) is 32.9 Å². The van der Waals surface area contributed by atoms with Crippen LogP contribution in [0.3, 0.4) is 0 Å². The Kier molecular flexibility index (Phi) is 6.07. The average molecular weight is 409 g/mol. The summed E-state index contributed by atoms with van der Waals surface area (Å²) in [5.74, 6) is -0.427. The molecular formula is C22H27N5O3. The Morgan fingerprint density at radius 2 is 1.63 bits per heavy atom. The van der Waals surface area contributed by atoms with Crippen LogP contribution < -0.4 is 16.3 Å². The van der Waals surface area contributed by atoms with Gasteiger partial charge in [-0.3, -0.25) is 14.5 Å². The maximum absolute atomic E-state index is 12.6. The molecule has 3 aromatic rings. The second kappa shape index (κ2) is 8.54. The summed E-state index contributed by atoms with van der Waals surface area (Å²) >= 11 is 0. The van der Waals surface area contributed by atoms with Gasteiger partial charge in [-0.1, -0.05) is 17.7 Å². The molecule has 8 nitrogen and oxygen atoms in total. The minimum atomic E-state index is -0.531. The van der Waals surface area contributed by atoms with Gasteiger partial charge in [-0.25, -0.2) is 4.79 Å². The molecule has 30 heavy (non-hydrogen) atoms. The molecule has 4 N–H and O–H groups in total. The van der Waals surface area contributed by atoms with E-state index in [-0.39, 0.29) is 24.0 Å². The third kappa shape index (κ3) is 4.77. The number of H-pyrrole nitrogens is 2. The maximum Gasteiger partial charge on any atom is 0.323 e. The van der Waals surface area contributed by atoms with Crippen LogP contribution in [0.5, 0.6) is 0 Å². The Balaban J connectivity index is 1.61. The number of aryl methyl sites for hydroxylation is 3. The Labute approximate surface area is 174 Å². The number of benzene rings is 2. The van der Waals surface area contributed by atoms with E-state index >= 15 is 0 Å². The number of hydrogen-bond acceptors (Lipinski definition) is 4. The van der Waals surface area contributed by atoms with Gasteiger partial charge in [0.15, 0.2) is 0 Å². The lowest BCUT2D eigenvalue weighted by molar-refractivity contribution is -0.122. The van der Waals surface area contributed by atoms with E-state index in [1.165, 1.54) is 0 Å². The minimum Gasteiger partial charge on any atom is -0.325 e. The fourth-order valence-electron chi connectivity index (χ4n) is 3.48. The molecule has 3 rings (SSSR count). The van der Waals surface area contributed by atoms with Crippen molar-refractivity contribution >= 4 is 34.2 Å². The molecule has 1 aromatic heterocycles. The molecule has 1 atom stereocenters. The van der Waals surface area contributed by atoms with E-state index in [4.69, 9.17) is 0 Å². The van der Waals surface area contributed by atoms with Gasteiger partial charge in [0.1, 0.15) is 0 Å². The van der Waals surface area contributed by atoms with Crippen LogP contribution in [-0.4, -0.2) is 46.3 Å². The van der Waals surface area contributed by atoms with Gasteiger partial charge in [0.2, 0.25) is 11.8 Å². The van der Waals surface area contributed by atoms with Crippen molar-refractivity contribution in [1.82, 2.24) is 14.9 Å². The molecular weight excluding hydrogens is 382 g/mol. The van der Waals surface area contributed by atoms with Crippen molar-refractivity contribution in [3.8, 4) is 0 Å². The first-order valence-electron chi connectivity index (χ1n) is 9.75. The van der Waals surface area contributed by atoms with Crippen molar-refractivity contribution < 1.29 is 9.59 Å². The summed E-state index contributed by atoms with van der Waals surface area (Å²) in [6.45, 7) is 7.76. The van der Waals surface area contributed by atoms with E-state index in [2.05, 4.69) is 20.6 Å². The lowest BCUT2D eigenvalue weighted by Gasteiger charge is -2.24. The highest BCUT2D eigenvalue weighted by Crippen LogP contribution is 2.22. The van der Waals surface area contributed by atoms with Crippen molar-refractivity contribution in [2.24, 2.45) is 0 Å². The number of carbonyl (C=O) groups excluding carboxylic acids is 2. The third-order valence-corrected chi connectivity index (χ3v) is 5.16. The molecule has 0 saturated heterocycles. The van der Waals surface area contributed by atoms with Gasteiger partial charge in [0.05, 0.1) is 23.6 Å². The monoisotopic (exact) mass is 409 g/mol. The largest absolute Gasteiger partial charge is 0.325 e. The predicted molar refractivity (Wildman–Crippen MR) is 119 cm³/mol. The lowest BCUT2D eigenvalue weighted by Crippen LogP contribution is -2.43. The second-order valence-corrected chi connectivity index (χ2v) is 7.74. The van der Waals surface area contributed by atoms with E-state index in [9.17, 15) is 14.4 Å². The smallest absolute Gasteiger partial charge is 0.323 e. The van der Waals surface area contributed by atoms with Gasteiger partial charge in [0.25, 0.3) is 0 Å². The van der Waals surface area contributed by atoms with Crippen molar-refractivity contribution in [2.75, 3.05) is 24.2 Å². The first-order valence-corrected chi connectivity index (χ1v) is 9.75. The van der Waals surface area contributed by atoms with Crippen molar-refractivity contribution in [1.29, 1.82) is 0 Å². The van der Waals surface area contributed by atoms with Gasteiger partial charge in [-0.2, -0.15) is 0 Å². The SMILES string of the molecule is Cc1cc(C)c(NC(=O)CN(C)C(C)C(=O)Nc2ccc3[nH]c(=O)[nH]c3c2)c(C)c1. The summed E-state index contributed by atoms with van der Waals surface area (Å²) in [7, 11) is 1.73. The summed E-state index contributed by atoms with van der Waals surface area (Å²) in [5.41, 5.74) is 5.52. The Morgan fingerprint density at radius 3 is 2.30 bits per heavy atom. The Hall–Kier alpha value is -3.39. The predicted octanol–water partition coefficient (Wildman–Crippen LogP) is 2.68. The molecule has 0 fully saturated rings. The van der Waals surface area contributed by atoms with Crippen molar-refractivity contribution in [3.05, 3.63) is 57.5 Å². The van der Waals surface area contributed by atoms with E-state index in [1.54, 1.807) is 37.1 Å². The van der Waals surface area contributed by atoms with Crippen molar-refractivity contribution in [3.63, 3.8) is 0 Å². The summed E-state index contributed by atoms with van der Waals surface area (Å²) in [4.78, 5) is 43.5. The number of rotatable bonds is 6. The fourth-order valence-corrected chi connectivity index (χ4v) is 3.48. The van der Waals surface area contributed by atoms with Crippen LogP contribution in [0.4, 0.5) is 11.4 Å². The van der Waals surface area contributed by atoms with Crippen LogP contribution in [-0.2, 0) is 9.59 Å². The quantitative estimate of drug-likeness (QED) is 0.502. The fraction of sp³-hybridized carbons (Fsp3) is 0.318. The summed E-state index contributed by atoms with van der Waals surface area (Å²) in [5, 5.41) is 5.78. The van der Waals surface area contributed by atoms with Crippen LogP contribution >= 0.6 is 0 Å². The number of amides is 2. The molecule has 0 saturated carbocycles. The normalized spacial score (nSPS) is 12.2. The zero-order chi connectivity index (χ0) is 22.0. The molecule has 0 radical (unpaired) electrons. The average Bonchev–Trinajstić information content (AvgIpc) is 3.03. The Morgan fingerprint density at radius 1 is 1.00 bits per heavy atom. The molecule has 2 amide bonds. The number of imidazole rings is 1. The second-order valence-electron chi connectivity index (χ2n) is 7.74. The number of aromatic nitrogens is 2. The first-order chi connectivity index (χ1) is 14.1. The minimum absolute atomic E-state index is 0.0749. The van der Waals surface area contributed by atoms with Gasteiger partial charge in [-0.05, 0) is 64.1 Å². The molecule has 0 aliphatic rings. The highest BCUT2D eigenvalue weighted by atomic mass is 16.2. The first kappa shape index (κ1) is 21.3. The van der Waals surface area contributed by atoms with Gasteiger partial charge >= 0.3 is 5.69 Å². The molecule has 8 heteroatoms. The zero-order valence-corrected chi connectivity index (χ0v) is 17.8. The number of anilines is 2. The number of likely N-dealkylation sites (N-methyl/N-ethyl adjacent to an activating group) is 1. The van der Waals surface area contributed by atoms with Crippen LogP contribution in [0.15, 0.2) is 35.1 Å². The number of carbonyl (C=O) groups is 2. The molecule has 0 bridgehead atoms. The number of aromatic amines is 2. The molecule has 1 heterocycles. The van der Waals surface area contributed by atoms with Crippen LogP contribution in [0, 0.1) is 20.8 Å².